The molecule has 0 bridgehead atoms. The molecule has 0 unspecified atom stereocenters. The van der Waals surface area contributed by atoms with Gasteiger partial charge in [0, 0.05) is 11.5 Å². The van der Waals surface area contributed by atoms with Gasteiger partial charge in [-0.25, -0.2) is 4.98 Å². The lowest BCUT2D eigenvalue weighted by molar-refractivity contribution is 0.305. The summed E-state index contributed by atoms with van der Waals surface area (Å²) in [7, 11) is -1.47. The Morgan fingerprint density at radius 2 is 1.91 bits per heavy atom. The molecule has 0 fully saturated rings. The fourth-order valence-electron chi connectivity index (χ4n) is 2.05. The molecule has 0 spiro atoms. The summed E-state index contributed by atoms with van der Waals surface area (Å²) in [5.41, 5.74) is 1.65. The monoisotopic (exact) mass is 296 g/mol. The van der Waals surface area contributed by atoms with E-state index in [-0.39, 0.29) is 5.56 Å². The summed E-state index contributed by atoms with van der Waals surface area (Å²) >= 11 is 0. The number of nitrogens with one attached hydrogen (secondary N) is 1. The molecular formula is C15H13BN2O4. The Balaban J connectivity index is 1.73. The van der Waals surface area contributed by atoms with Gasteiger partial charge in [0.05, 0.1) is 6.20 Å². The first kappa shape index (κ1) is 14.3. The largest absolute Gasteiger partial charge is 0.488 e. The van der Waals surface area contributed by atoms with E-state index in [1.807, 2.05) is 0 Å². The van der Waals surface area contributed by atoms with E-state index in [9.17, 15) is 4.79 Å². The van der Waals surface area contributed by atoms with Gasteiger partial charge in [-0.15, -0.1) is 0 Å². The minimum absolute atomic E-state index is 0.195. The summed E-state index contributed by atoms with van der Waals surface area (Å²) in [6.07, 6.45) is 1.55. The first-order valence-electron chi connectivity index (χ1n) is 6.69. The van der Waals surface area contributed by atoms with E-state index >= 15 is 0 Å². The van der Waals surface area contributed by atoms with Crippen LogP contribution in [0.1, 0.15) is 5.56 Å². The zero-order chi connectivity index (χ0) is 15.5. The standard InChI is InChI=1S/C15H13BN2O4/c19-14-6-3-11-7-13(8-17-15(11)18-14)22-9-10-1-4-12(5-2-10)16(20)21/h1-8,20-21H,9H2,(H,17,18,19). The summed E-state index contributed by atoms with van der Waals surface area (Å²) in [5, 5.41) is 18.9. The molecule has 6 nitrogen and oxygen atoms in total. The molecule has 0 radical (unpaired) electrons. The quantitative estimate of drug-likeness (QED) is 0.597. The minimum Gasteiger partial charge on any atom is -0.487 e. The fourth-order valence-corrected chi connectivity index (χ4v) is 2.05. The summed E-state index contributed by atoms with van der Waals surface area (Å²) in [6.45, 7) is 0.332. The molecule has 1 aromatic carbocycles. The van der Waals surface area contributed by atoms with E-state index in [2.05, 4.69) is 9.97 Å². The molecule has 2 heterocycles. The van der Waals surface area contributed by atoms with Gasteiger partial charge in [0.15, 0.2) is 0 Å². The van der Waals surface area contributed by atoms with E-state index in [0.717, 1.165) is 10.9 Å². The Bertz CT molecular complexity index is 846. The van der Waals surface area contributed by atoms with Crippen molar-refractivity contribution in [2.24, 2.45) is 0 Å². The van der Waals surface area contributed by atoms with Crippen LogP contribution in [0, 0.1) is 0 Å². The Morgan fingerprint density at radius 3 is 2.64 bits per heavy atom. The van der Waals surface area contributed by atoms with Crippen molar-refractivity contribution >= 4 is 23.6 Å². The number of ether oxygens (including phenoxy) is 1. The van der Waals surface area contributed by atoms with Gasteiger partial charge in [-0.05, 0) is 23.2 Å². The highest BCUT2D eigenvalue weighted by Crippen LogP contribution is 2.16. The lowest BCUT2D eigenvalue weighted by Crippen LogP contribution is -2.29. The number of benzene rings is 1. The van der Waals surface area contributed by atoms with E-state index < -0.39 is 7.12 Å². The van der Waals surface area contributed by atoms with Crippen molar-refractivity contribution in [3.8, 4) is 5.75 Å². The Hall–Kier alpha value is -2.64. The van der Waals surface area contributed by atoms with Gasteiger partial charge < -0.3 is 19.8 Å². The Morgan fingerprint density at radius 1 is 1.14 bits per heavy atom. The maximum absolute atomic E-state index is 11.2. The van der Waals surface area contributed by atoms with Gasteiger partial charge in [-0.3, -0.25) is 4.79 Å². The number of fused-ring (bicyclic) bond motifs is 1. The van der Waals surface area contributed by atoms with Crippen molar-refractivity contribution in [1.82, 2.24) is 9.97 Å². The topological polar surface area (TPSA) is 95.4 Å². The van der Waals surface area contributed by atoms with Crippen LogP contribution in [0.3, 0.4) is 0 Å². The van der Waals surface area contributed by atoms with Crippen molar-refractivity contribution in [1.29, 1.82) is 0 Å². The van der Waals surface area contributed by atoms with Crippen molar-refractivity contribution in [2.75, 3.05) is 0 Å². The van der Waals surface area contributed by atoms with Crippen LogP contribution >= 0.6 is 0 Å². The molecule has 7 heteroatoms. The third kappa shape index (κ3) is 3.16. The fraction of sp³-hybridized carbons (Fsp3) is 0.0667. The summed E-state index contributed by atoms with van der Waals surface area (Å²) in [5.74, 6) is 0.589. The Kier molecular flexibility index (Phi) is 3.91. The highest BCUT2D eigenvalue weighted by atomic mass is 16.5. The Labute approximate surface area is 126 Å². The summed E-state index contributed by atoms with van der Waals surface area (Å²) in [4.78, 5) is 18.0. The molecule has 0 aliphatic carbocycles. The molecule has 2 aromatic heterocycles. The number of hydrogen-bond donors (Lipinski definition) is 3. The van der Waals surface area contributed by atoms with E-state index in [0.29, 0.717) is 23.5 Å². The second-order valence-electron chi connectivity index (χ2n) is 4.84. The van der Waals surface area contributed by atoms with Crippen molar-refractivity contribution in [3.63, 3.8) is 0 Å². The summed E-state index contributed by atoms with van der Waals surface area (Å²) < 4.78 is 5.65. The van der Waals surface area contributed by atoms with Crippen LogP contribution in [0.15, 0.2) is 53.5 Å². The third-order valence-corrected chi connectivity index (χ3v) is 3.23. The molecule has 3 aromatic rings. The van der Waals surface area contributed by atoms with Crippen LogP contribution in [0.2, 0.25) is 0 Å². The minimum atomic E-state index is -1.47. The van der Waals surface area contributed by atoms with Gasteiger partial charge in [0.25, 0.3) is 0 Å². The zero-order valence-electron chi connectivity index (χ0n) is 11.6. The molecule has 0 amide bonds. The van der Waals surface area contributed by atoms with Gasteiger partial charge in [0.2, 0.25) is 5.56 Å². The first-order chi connectivity index (χ1) is 10.6. The van der Waals surface area contributed by atoms with Crippen molar-refractivity contribution in [2.45, 2.75) is 6.61 Å². The lowest BCUT2D eigenvalue weighted by Gasteiger charge is -2.07. The molecule has 3 N–H and O–H groups in total. The summed E-state index contributed by atoms with van der Waals surface area (Å²) in [6, 6.07) is 11.7. The molecule has 3 rings (SSSR count). The highest BCUT2D eigenvalue weighted by Gasteiger charge is 2.09. The molecular weight excluding hydrogens is 283 g/mol. The first-order valence-corrected chi connectivity index (χ1v) is 6.69. The molecule has 110 valence electrons. The number of pyridine rings is 2. The number of aromatic nitrogens is 2. The van der Waals surface area contributed by atoms with Crippen molar-refractivity contribution in [3.05, 3.63) is 64.6 Å². The SMILES string of the molecule is O=c1ccc2cc(OCc3ccc(B(O)O)cc3)cnc2[nH]1. The zero-order valence-corrected chi connectivity index (χ0v) is 11.6. The van der Waals surface area contributed by atoms with Crippen LogP contribution in [0.4, 0.5) is 0 Å². The van der Waals surface area contributed by atoms with E-state index in [4.69, 9.17) is 14.8 Å². The maximum Gasteiger partial charge on any atom is 0.488 e. The van der Waals surface area contributed by atoms with Crippen LogP contribution < -0.4 is 15.8 Å². The molecule has 0 atom stereocenters. The second-order valence-corrected chi connectivity index (χ2v) is 4.84. The van der Waals surface area contributed by atoms with Crippen LogP contribution in [-0.2, 0) is 6.61 Å². The number of nitrogens with zero attached hydrogens (tertiary/aromatic N) is 1. The number of hydrogen-bond acceptors (Lipinski definition) is 5. The van der Waals surface area contributed by atoms with E-state index in [1.165, 1.54) is 6.07 Å². The number of rotatable bonds is 4. The number of H-pyrrole nitrogens is 1. The average molecular weight is 296 g/mol. The van der Waals surface area contributed by atoms with Gasteiger partial charge in [-0.2, -0.15) is 0 Å². The van der Waals surface area contributed by atoms with Gasteiger partial charge >= 0.3 is 7.12 Å². The van der Waals surface area contributed by atoms with Crippen LogP contribution in [0.25, 0.3) is 11.0 Å². The normalized spacial score (nSPS) is 10.6. The number of aromatic amines is 1. The molecule has 22 heavy (non-hydrogen) atoms. The van der Waals surface area contributed by atoms with Gasteiger partial charge in [0.1, 0.15) is 18.0 Å². The van der Waals surface area contributed by atoms with Gasteiger partial charge in [-0.1, -0.05) is 24.3 Å². The van der Waals surface area contributed by atoms with Crippen molar-refractivity contribution < 1.29 is 14.8 Å². The van der Waals surface area contributed by atoms with E-state index in [1.54, 1.807) is 42.6 Å². The van der Waals surface area contributed by atoms with Crippen LogP contribution in [-0.4, -0.2) is 27.1 Å². The molecule has 0 saturated heterocycles. The molecule has 0 aliphatic rings. The predicted molar refractivity (Wildman–Crippen MR) is 83.0 cm³/mol. The van der Waals surface area contributed by atoms with Crippen LogP contribution in [0.5, 0.6) is 5.75 Å². The highest BCUT2D eigenvalue weighted by molar-refractivity contribution is 6.58. The maximum atomic E-state index is 11.2. The smallest absolute Gasteiger partial charge is 0.487 e. The second kappa shape index (κ2) is 6.01. The lowest BCUT2D eigenvalue weighted by atomic mass is 9.80. The average Bonchev–Trinajstić information content (AvgIpc) is 2.53. The predicted octanol–water partition coefficient (Wildman–Crippen LogP) is 0.182. The molecule has 0 saturated carbocycles. The third-order valence-electron chi connectivity index (χ3n) is 3.23. The molecule has 0 aliphatic heterocycles.